The number of amides is 1. The SMILES string of the molecule is CCOC(=O)[C@@H](C)C[C@@H](Cc1ccc(-c2ccccc2)cc1)NC(=O)OC(C)(C)C. The summed E-state index contributed by atoms with van der Waals surface area (Å²) in [5.41, 5.74) is 2.78. The molecular formula is C25H33NO4. The Bertz CT molecular complexity index is 809. The van der Waals surface area contributed by atoms with Crippen LogP contribution in [0.2, 0.25) is 0 Å². The largest absolute Gasteiger partial charge is 0.466 e. The Hall–Kier alpha value is -2.82. The van der Waals surface area contributed by atoms with Crippen LogP contribution in [0.15, 0.2) is 54.6 Å². The average Bonchev–Trinajstić information content (AvgIpc) is 2.68. The molecule has 0 bridgehead atoms. The quantitative estimate of drug-likeness (QED) is 0.593. The van der Waals surface area contributed by atoms with Gasteiger partial charge >= 0.3 is 12.1 Å². The second kappa shape index (κ2) is 10.8. The van der Waals surface area contributed by atoms with Gasteiger partial charge in [-0.15, -0.1) is 0 Å². The van der Waals surface area contributed by atoms with E-state index in [-0.39, 0.29) is 17.9 Å². The Morgan fingerprint density at radius 1 is 0.967 bits per heavy atom. The van der Waals surface area contributed by atoms with Crippen LogP contribution in [0.3, 0.4) is 0 Å². The number of ether oxygens (including phenoxy) is 2. The predicted molar refractivity (Wildman–Crippen MR) is 119 cm³/mol. The van der Waals surface area contributed by atoms with Gasteiger partial charge in [-0.25, -0.2) is 4.79 Å². The maximum absolute atomic E-state index is 12.3. The van der Waals surface area contributed by atoms with Crippen LogP contribution in [0, 0.1) is 5.92 Å². The summed E-state index contributed by atoms with van der Waals surface area (Å²) in [5.74, 6) is -0.582. The first-order chi connectivity index (χ1) is 14.2. The first-order valence-corrected chi connectivity index (χ1v) is 10.5. The van der Waals surface area contributed by atoms with Crippen LogP contribution in [-0.2, 0) is 20.7 Å². The van der Waals surface area contributed by atoms with Crippen molar-refractivity contribution in [3.8, 4) is 11.1 Å². The average molecular weight is 412 g/mol. The number of hydrogen-bond donors (Lipinski definition) is 1. The van der Waals surface area contributed by atoms with Gasteiger partial charge < -0.3 is 14.8 Å². The number of rotatable bonds is 8. The monoisotopic (exact) mass is 411 g/mol. The zero-order valence-corrected chi connectivity index (χ0v) is 18.6. The summed E-state index contributed by atoms with van der Waals surface area (Å²) < 4.78 is 10.5. The summed E-state index contributed by atoms with van der Waals surface area (Å²) in [4.78, 5) is 24.4. The molecule has 2 rings (SSSR count). The van der Waals surface area contributed by atoms with Crippen LogP contribution in [-0.4, -0.2) is 30.3 Å². The van der Waals surface area contributed by atoms with Crippen molar-refractivity contribution in [1.82, 2.24) is 5.32 Å². The summed E-state index contributed by atoms with van der Waals surface area (Å²) in [6.45, 7) is 9.42. The van der Waals surface area contributed by atoms with Crippen LogP contribution >= 0.6 is 0 Å². The third-order valence-corrected chi connectivity index (χ3v) is 4.59. The minimum atomic E-state index is -0.585. The minimum Gasteiger partial charge on any atom is -0.466 e. The number of hydrogen-bond acceptors (Lipinski definition) is 4. The second-order valence-corrected chi connectivity index (χ2v) is 8.50. The van der Waals surface area contributed by atoms with Gasteiger partial charge in [0, 0.05) is 6.04 Å². The molecule has 0 unspecified atom stereocenters. The number of carbonyl (C=O) groups excluding carboxylic acids is 2. The van der Waals surface area contributed by atoms with Gasteiger partial charge in [-0.2, -0.15) is 0 Å². The second-order valence-electron chi connectivity index (χ2n) is 8.50. The molecule has 0 saturated heterocycles. The van der Waals surface area contributed by atoms with Gasteiger partial charge in [0.25, 0.3) is 0 Å². The third-order valence-electron chi connectivity index (χ3n) is 4.59. The fourth-order valence-electron chi connectivity index (χ4n) is 3.22. The molecule has 2 aromatic rings. The maximum atomic E-state index is 12.3. The Kier molecular flexibility index (Phi) is 8.46. The van der Waals surface area contributed by atoms with Crippen molar-refractivity contribution >= 4 is 12.1 Å². The summed E-state index contributed by atoms with van der Waals surface area (Å²) in [6, 6.07) is 18.2. The molecule has 5 heteroatoms. The van der Waals surface area contributed by atoms with Gasteiger partial charge in [0.2, 0.25) is 0 Å². The molecule has 0 radical (unpaired) electrons. The van der Waals surface area contributed by atoms with Crippen molar-refractivity contribution in [3.63, 3.8) is 0 Å². The fourth-order valence-corrected chi connectivity index (χ4v) is 3.22. The molecule has 1 N–H and O–H groups in total. The Balaban J connectivity index is 2.10. The van der Waals surface area contributed by atoms with E-state index in [0.717, 1.165) is 16.7 Å². The van der Waals surface area contributed by atoms with E-state index in [4.69, 9.17) is 9.47 Å². The number of esters is 1. The van der Waals surface area contributed by atoms with E-state index in [9.17, 15) is 9.59 Å². The highest BCUT2D eigenvalue weighted by atomic mass is 16.6. The molecule has 30 heavy (non-hydrogen) atoms. The van der Waals surface area contributed by atoms with Gasteiger partial charge in [-0.1, -0.05) is 61.5 Å². The normalized spacial score (nSPS) is 13.2. The van der Waals surface area contributed by atoms with Crippen LogP contribution in [0.1, 0.15) is 46.6 Å². The van der Waals surface area contributed by atoms with Crippen molar-refractivity contribution in [3.05, 3.63) is 60.2 Å². The highest BCUT2D eigenvalue weighted by Gasteiger charge is 2.24. The molecule has 0 saturated carbocycles. The smallest absolute Gasteiger partial charge is 0.407 e. The minimum absolute atomic E-state index is 0.248. The van der Waals surface area contributed by atoms with Crippen molar-refractivity contribution in [2.45, 2.75) is 59.1 Å². The van der Waals surface area contributed by atoms with Gasteiger partial charge in [-0.05, 0) is 57.2 Å². The summed E-state index contributed by atoms with van der Waals surface area (Å²) in [5, 5.41) is 2.93. The van der Waals surface area contributed by atoms with E-state index in [1.54, 1.807) is 6.92 Å². The van der Waals surface area contributed by atoms with Gasteiger partial charge in [-0.3, -0.25) is 4.79 Å². The van der Waals surface area contributed by atoms with Crippen LogP contribution in [0.5, 0.6) is 0 Å². The Morgan fingerprint density at radius 3 is 2.13 bits per heavy atom. The van der Waals surface area contributed by atoms with E-state index in [1.807, 2.05) is 45.9 Å². The molecule has 2 aromatic carbocycles. The van der Waals surface area contributed by atoms with E-state index >= 15 is 0 Å². The fraction of sp³-hybridized carbons (Fsp3) is 0.440. The molecule has 0 aliphatic carbocycles. The van der Waals surface area contributed by atoms with Gasteiger partial charge in [0.05, 0.1) is 12.5 Å². The molecular weight excluding hydrogens is 378 g/mol. The molecule has 162 valence electrons. The molecule has 1 amide bonds. The van der Waals surface area contributed by atoms with Crippen molar-refractivity contribution in [1.29, 1.82) is 0 Å². The molecule has 0 aromatic heterocycles. The molecule has 0 fully saturated rings. The maximum Gasteiger partial charge on any atom is 0.407 e. The van der Waals surface area contributed by atoms with E-state index in [0.29, 0.717) is 19.4 Å². The molecule has 0 aliphatic rings. The zero-order valence-electron chi connectivity index (χ0n) is 18.6. The van der Waals surface area contributed by atoms with Crippen molar-refractivity contribution < 1.29 is 19.1 Å². The van der Waals surface area contributed by atoms with E-state index in [2.05, 4.69) is 41.7 Å². The Labute approximate surface area is 179 Å². The molecule has 2 atom stereocenters. The lowest BCUT2D eigenvalue weighted by molar-refractivity contribution is -0.147. The lowest BCUT2D eigenvalue weighted by atomic mass is 9.95. The number of carbonyl (C=O) groups is 2. The summed E-state index contributed by atoms with van der Waals surface area (Å²) in [7, 11) is 0. The van der Waals surface area contributed by atoms with E-state index < -0.39 is 11.7 Å². The zero-order chi connectivity index (χ0) is 22.1. The highest BCUT2D eigenvalue weighted by molar-refractivity contribution is 5.72. The molecule has 0 heterocycles. The van der Waals surface area contributed by atoms with Gasteiger partial charge in [0.15, 0.2) is 0 Å². The topological polar surface area (TPSA) is 64.6 Å². The van der Waals surface area contributed by atoms with Crippen LogP contribution in [0.4, 0.5) is 4.79 Å². The molecule has 0 spiro atoms. The predicted octanol–water partition coefficient (Wildman–Crippen LogP) is 5.38. The molecule has 0 aliphatic heterocycles. The van der Waals surface area contributed by atoms with Crippen LogP contribution < -0.4 is 5.32 Å². The molecule has 5 nitrogen and oxygen atoms in total. The lowest BCUT2D eigenvalue weighted by Gasteiger charge is -2.25. The number of alkyl carbamates (subject to hydrolysis) is 1. The van der Waals surface area contributed by atoms with Gasteiger partial charge in [0.1, 0.15) is 5.60 Å². The summed E-state index contributed by atoms with van der Waals surface area (Å²) in [6.07, 6.45) is 0.584. The highest BCUT2D eigenvalue weighted by Crippen LogP contribution is 2.21. The number of benzene rings is 2. The standard InChI is InChI=1S/C25H33NO4/c1-6-29-23(27)18(2)16-22(26-24(28)30-25(3,4)5)17-19-12-14-21(15-13-19)20-10-8-7-9-11-20/h7-15,18,22H,6,16-17H2,1-5H3,(H,26,28)/t18-,22-/m0/s1. The first-order valence-electron chi connectivity index (χ1n) is 10.5. The third kappa shape index (κ3) is 7.90. The van der Waals surface area contributed by atoms with Crippen LogP contribution in [0.25, 0.3) is 11.1 Å². The Morgan fingerprint density at radius 2 is 1.57 bits per heavy atom. The first kappa shape index (κ1) is 23.5. The van der Waals surface area contributed by atoms with Crippen molar-refractivity contribution in [2.75, 3.05) is 6.61 Å². The summed E-state index contributed by atoms with van der Waals surface area (Å²) >= 11 is 0. The number of nitrogens with one attached hydrogen (secondary N) is 1. The lowest BCUT2D eigenvalue weighted by Crippen LogP contribution is -2.41. The van der Waals surface area contributed by atoms with E-state index in [1.165, 1.54) is 0 Å². The van der Waals surface area contributed by atoms with Crippen molar-refractivity contribution in [2.24, 2.45) is 5.92 Å².